The number of rotatable bonds is 4. The third-order valence-electron chi connectivity index (χ3n) is 4.78. The number of carbonyl (C=O) groups is 3. The van der Waals surface area contributed by atoms with Gasteiger partial charge in [0.15, 0.2) is 0 Å². The van der Waals surface area contributed by atoms with Gasteiger partial charge < -0.3 is 9.30 Å². The number of thioether (sulfide) groups is 1. The summed E-state index contributed by atoms with van der Waals surface area (Å²) in [6, 6.07) is 1.55. The molecule has 1 aliphatic carbocycles. The lowest BCUT2D eigenvalue weighted by Crippen LogP contribution is -2.42. The maximum Gasteiger partial charge on any atom is 0.328 e. The molecule has 1 aromatic heterocycles. The van der Waals surface area contributed by atoms with Gasteiger partial charge >= 0.3 is 5.97 Å². The topological polar surface area (TPSA) is 68.6 Å². The van der Waals surface area contributed by atoms with E-state index < -0.39 is 23.2 Å². The second-order valence-corrected chi connectivity index (χ2v) is 7.43. The fraction of sp³-hybridized carbons (Fsp3) is 0.500. The van der Waals surface area contributed by atoms with Gasteiger partial charge in [0.1, 0.15) is 6.04 Å². The molecule has 0 radical (unpaired) electrons. The molecule has 1 saturated heterocycles. The summed E-state index contributed by atoms with van der Waals surface area (Å²) in [7, 11) is 1.24. The van der Waals surface area contributed by atoms with E-state index in [0.29, 0.717) is 10.9 Å². The van der Waals surface area contributed by atoms with Gasteiger partial charge in [0.2, 0.25) is 0 Å². The Bertz CT molecular complexity index is 718. The van der Waals surface area contributed by atoms with Gasteiger partial charge in [-0.15, -0.1) is 0 Å². The minimum Gasteiger partial charge on any atom is -0.467 e. The number of amides is 2. The van der Waals surface area contributed by atoms with Crippen molar-refractivity contribution in [3.05, 3.63) is 28.9 Å². The van der Waals surface area contributed by atoms with Crippen LogP contribution in [0.25, 0.3) is 6.08 Å². The smallest absolute Gasteiger partial charge is 0.328 e. The van der Waals surface area contributed by atoms with Crippen LogP contribution in [0.3, 0.4) is 0 Å². The third-order valence-corrected chi connectivity index (χ3v) is 5.67. The zero-order valence-corrected chi connectivity index (χ0v) is 15.3. The second-order valence-electron chi connectivity index (χ2n) is 6.43. The summed E-state index contributed by atoms with van der Waals surface area (Å²) in [6.45, 7) is 1.49. The van der Waals surface area contributed by atoms with Gasteiger partial charge in [0.05, 0.1) is 12.0 Å². The molecule has 2 fully saturated rings. The highest BCUT2D eigenvalue weighted by Gasteiger charge is 2.41. The average Bonchev–Trinajstić information content (AvgIpc) is 3.19. The summed E-state index contributed by atoms with van der Waals surface area (Å²) >= 11 is 0.859. The van der Waals surface area contributed by atoms with Crippen LogP contribution in [0, 0.1) is 0 Å². The van der Waals surface area contributed by atoms with E-state index >= 15 is 0 Å². The molecule has 1 aliphatic heterocycles. The summed E-state index contributed by atoms with van der Waals surface area (Å²) in [5, 5.41) is -0.444. The highest BCUT2D eigenvalue weighted by atomic mass is 32.2. The number of aromatic nitrogens is 1. The van der Waals surface area contributed by atoms with Crippen molar-refractivity contribution in [2.45, 2.75) is 51.1 Å². The minimum atomic E-state index is -0.921. The number of hydrogen-bond donors (Lipinski definition) is 0. The standard InChI is InChI=1S/C18H22N2O4S/c1-12(17(22)24-2)20-16(21)15(25-18(20)23)10-13-8-9-19(11-13)14-6-4-3-5-7-14/h8-12,14H,3-7H2,1-2H3/b15-10-. The summed E-state index contributed by atoms with van der Waals surface area (Å²) in [5.41, 5.74) is 0.891. The van der Waals surface area contributed by atoms with Crippen LogP contribution in [0.5, 0.6) is 0 Å². The first-order valence-corrected chi connectivity index (χ1v) is 9.35. The van der Waals surface area contributed by atoms with Crippen molar-refractivity contribution >= 4 is 35.0 Å². The molecule has 0 spiro atoms. The molecular formula is C18H22N2O4S. The highest BCUT2D eigenvalue weighted by molar-refractivity contribution is 8.18. The number of esters is 1. The molecule has 1 atom stereocenters. The number of imide groups is 1. The molecule has 1 saturated carbocycles. The van der Waals surface area contributed by atoms with Crippen molar-refractivity contribution < 1.29 is 19.1 Å². The lowest BCUT2D eigenvalue weighted by molar-refractivity contribution is -0.148. The van der Waals surface area contributed by atoms with Crippen LogP contribution >= 0.6 is 11.8 Å². The fourth-order valence-electron chi connectivity index (χ4n) is 3.36. The van der Waals surface area contributed by atoms with Crippen LogP contribution in [0.1, 0.15) is 50.6 Å². The molecule has 7 heteroatoms. The summed E-state index contributed by atoms with van der Waals surface area (Å²) in [4.78, 5) is 37.5. The number of carbonyl (C=O) groups excluding carboxylic acids is 3. The molecule has 0 N–H and O–H groups in total. The van der Waals surface area contributed by atoms with Gasteiger partial charge in [-0.25, -0.2) is 4.79 Å². The van der Waals surface area contributed by atoms with E-state index in [9.17, 15) is 14.4 Å². The van der Waals surface area contributed by atoms with E-state index in [2.05, 4.69) is 9.30 Å². The Balaban J connectivity index is 1.76. The monoisotopic (exact) mass is 362 g/mol. The van der Waals surface area contributed by atoms with E-state index in [1.165, 1.54) is 46.1 Å². The normalized spacial score (nSPS) is 21.8. The lowest BCUT2D eigenvalue weighted by atomic mass is 9.95. The Kier molecular flexibility index (Phi) is 5.32. The molecule has 1 unspecified atom stereocenters. The molecule has 25 heavy (non-hydrogen) atoms. The lowest BCUT2D eigenvalue weighted by Gasteiger charge is -2.23. The van der Waals surface area contributed by atoms with E-state index in [-0.39, 0.29) is 0 Å². The van der Waals surface area contributed by atoms with Crippen molar-refractivity contribution in [2.75, 3.05) is 7.11 Å². The fourth-order valence-corrected chi connectivity index (χ4v) is 4.27. The zero-order chi connectivity index (χ0) is 18.0. The summed E-state index contributed by atoms with van der Waals surface area (Å²) in [5.74, 6) is -1.05. The van der Waals surface area contributed by atoms with Crippen molar-refractivity contribution in [3.8, 4) is 0 Å². The molecule has 2 aliphatic rings. The van der Waals surface area contributed by atoms with Gasteiger partial charge in [-0.2, -0.15) is 0 Å². The highest BCUT2D eigenvalue weighted by Crippen LogP contribution is 2.34. The van der Waals surface area contributed by atoms with Crippen LogP contribution < -0.4 is 0 Å². The second kappa shape index (κ2) is 7.47. The van der Waals surface area contributed by atoms with Gasteiger partial charge in [0.25, 0.3) is 11.1 Å². The van der Waals surface area contributed by atoms with Crippen molar-refractivity contribution in [2.24, 2.45) is 0 Å². The summed E-state index contributed by atoms with van der Waals surface area (Å²) in [6.07, 6.45) is 11.9. The molecule has 2 amide bonds. The van der Waals surface area contributed by atoms with Gasteiger partial charge in [0, 0.05) is 18.4 Å². The zero-order valence-electron chi connectivity index (χ0n) is 14.4. The van der Waals surface area contributed by atoms with Gasteiger partial charge in [-0.3, -0.25) is 14.5 Å². The van der Waals surface area contributed by atoms with Gasteiger partial charge in [-0.05, 0) is 49.2 Å². The Hall–Kier alpha value is -2.02. The molecule has 134 valence electrons. The largest absolute Gasteiger partial charge is 0.467 e. The predicted molar refractivity (Wildman–Crippen MR) is 95.8 cm³/mol. The van der Waals surface area contributed by atoms with Crippen molar-refractivity contribution in [1.82, 2.24) is 9.47 Å². The first kappa shape index (κ1) is 17.8. The average molecular weight is 362 g/mol. The maximum absolute atomic E-state index is 12.5. The Morgan fingerprint density at radius 3 is 2.72 bits per heavy atom. The van der Waals surface area contributed by atoms with E-state index in [1.54, 1.807) is 6.08 Å². The Morgan fingerprint density at radius 1 is 1.32 bits per heavy atom. The Labute approximate surface area is 151 Å². The molecule has 3 rings (SSSR count). The van der Waals surface area contributed by atoms with Crippen LogP contribution in [-0.4, -0.2) is 39.7 Å². The van der Waals surface area contributed by atoms with Crippen LogP contribution in [0.15, 0.2) is 23.4 Å². The maximum atomic E-state index is 12.5. The molecular weight excluding hydrogens is 340 g/mol. The molecule has 0 aromatic carbocycles. The number of ether oxygens (including phenoxy) is 1. The first-order chi connectivity index (χ1) is 12.0. The summed E-state index contributed by atoms with van der Waals surface area (Å²) < 4.78 is 6.83. The van der Waals surface area contributed by atoms with Crippen LogP contribution in [-0.2, 0) is 14.3 Å². The molecule has 0 bridgehead atoms. The number of methoxy groups -OCH3 is 1. The van der Waals surface area contributed by atoms with E-state index in [0.717, 1.165) is 22.2 Å². The Morgan fingerprint density at radius 2 is 2.04 bits per heavy atom. The van der Waals surface area contributed by atoms with E-state index in [1.807, 2.05) is 18.5 Å². The van der Waals surface area contributed by atoms with Crippen LogP contribution in [0.4, 0.5) is 4.79 Å². The molecule has 6 nitrogen and oxygen atoms in total. The van der Waals surface area contributed by atoms with Crippen LogP contribution in [0.2, 0.25) is 0 Å². The third kappa shape index (κ3) is 3.66. The SMILES string of the molecule is COC(=O)C(C)N1C(=O)S/C(=C\c2ccn(C3CCCCC3)c2)C1=O. The predicted octanol–water partition coefficient (Wildman–Crippen LogP) is 3.59. The van der Waals surface area contributed by atoms with Crippen molar-refractivity contribution in [3.63, 3.8) is 0 Å². The minimum absolute atomic E-state index is 0.335. The van der Waals surface area contributed by atoms with Gasteiger partial charge in [-0.1, -0.05) is 19.3 Å². The number of hydrogen-bond acceptors (Lipinski definition) is 5. The molecule has 1 aromatic rings. The van der Waals surface area contributed by atoms with Crippen molar-refractivity contribution in [1.29, 1.82) is 0 Å². The number of nitrogens with zero attached hydrogens (tertiary/aromatic N) is 2. The quantitative estimate of drug-likeness (QED) is 0.605. The first-order valence-electron chi connectivity index (χ1n) is 8.53. The molecule has 2 heterocycles. The van der Waals surface area contributed by atoms with E-state index in [4.69, 9.17) is 0 Å².